The van der Waals surface area contributed by atoms with Crippen LogP contribution in [0.4, 0.5) is 0 Å². The van der Waals surface area contributed by atoms with Crippen LogP contribution in [0, 0.1) is 11.3 Å². The minimum Gasteiger partial charge on any atom is -0.343 e. The Balaban J connectivity index is 1.86. The van der Waals surface area contributed by atoms with Crippen molar-refractivity contribution in [3.63, 3.8) is 0 Å². The number of piperazine rings is 1. The number of aromatic nitrogens is 1. The SMILES string of the molecule is C[C@H](c1cccnc1)N1CCN([C@@H](C)C(=O)N(C)CCC#N)CC1. The summed E-state index contributed by atoms with van der Waals surface area (Å²) in [6.07, 6.45) is 4.10. The lowest BCUT2D eigenvalue weighted by molar-refractivity contribution is -0.135. The third-order valence-electron chi connectivity index (χ3n) is 4.90. The van der Waals surface area contributed by atoms with Crippen molar-refractivity contribution in [1.29, 1.82) is 5.26 Å². The van der Waals surface area contributed by atoms with Crippen molar-refractivity contribution in [3.05, 3.63) is 30.1 Å². The lowest BCUT2D eigenvalue weighted by Crippen LogP contribution is -2.54. The van der Waals surface area contributed by atoms with Crippen LogP contribution in [-0.4, -0.2) is 71.4 Å². The van der Waals surface area contributed by atoms with Gasteiger partial charge in [0, 0.05) is 58.2 Å². The Morgan fingerprint density at radius 2 is 2.00 bits per heavy atom. The van der Waals surface area contributed by atoms with E-state index in [9.17, 15) is 4.79 Å². The standard InChI is InChI=1S/C18H27N5O/c1-15(17-6-4-8-20-14-17)22-10-12-23(13-11-22)16(2)18(24)21(3)9-5-7-19/h4,6,8,14-16H,5,9-13H2,1-3H3/t15-,16+/m1/s1. The maximum atomic E-state index is 12.4. The van der Waals surface area contributed by atoms with E-state index in [1.54, 1.807) is 18.1 Å². The van der Waals surface area contributed by atoms with Crippen molar-refractivity contribution < 1.29 is 4.79 Å². The highest BCUT2D eigenvalue weighted by molar-refractivity contribution is 5.81. The average Bonchev–Trinajstić information content (AvgIpc) is 2.65. The van der Waals surface area contributed by atoms with Crippen molar-refractivity contribution >= 4 is 5.91 Å². The van der Waals surface area contributed by atoms with Gasteiger partial charge in [-0.05, 0) is 25.5 Å². The Bertz CT molecular complexity index is 563. The highest BCUT2D eigenvalue weighted by Crippen LogP contribution is 2.21. The maximum Gasteiger partial charge on any atom is 0.239 e. The smallest absolute Gasteiger partial charge is 0.239 e. The molecule has 2 heterocycles. The summed E-state index contributed by atoms with van der Waals surface area (Å²) in [5, 5.41) is 8.65. The number of carbonyl (C=O) groups excluding carboxylic acids is 1. The molecular weight excluding hydrogens is 302 g/mol. The van der Waals surface area contributed by atoms with E-state index < -0.39 is 0 Å². The molecule has 0 aromatic carbocycles. The van der Waals surface area contributed by atoms with Crippen LogP contribution in [0.3, 0.4) is 0 Å². The van der Waals surface area contributed by atoms with Crippen molar-refractivity contribution in [2.75, 3.05) is 39.8 Å². The van der Waals surface area contributed by atoms with Gasteiger partial charge < -0.3 is 4.90 Å². The highest BCUT2D eigenvalue weighted by Gasteiger charge is 2.29. The largest absolute Gasteiger partial charge is 0.343 e. The Kier molecular flexibility index (Phi) is 6.71. The first-order valence-electron chi connectivity index (χ1n) is 8.54. The molecule has 0 saturated carbocycles. The van der Waals surface area contributed by atoms with Gasteiger partial charge in [-0.25, -0.2) is 0 Å². The van der Waals surface area contributed by atoms with Crippen molar-refractivity contribution in [2.45, 2.75) is 32.4 Å². The number of nitriles is 1. The molecular formula is C18H27N5O. The summed E-state index contributed by atoms with van der Waals surface area (Å²) in [5.74, 6) is 0.0963. The zero-order valence-corrected chi connectivity index (χ0v) is 14.9. The molecule has 6 nitrogen and oxygen atoms in total. The lowest BCUT2D eigenvalue weighted by Gasteiger charge is -2.40. The fourth-order valence-electron chi connectivity index (χ4n) is 3.15. The van der Waals surface area contributed by atoms with Crippen LogP contribution in [0.1, 0.15) is 31.9 Å². The molecule has 0 radical (unpaired) electrons. The van der Waals surface area contributed by atoms with Gasteiger partial charge in [-0.1, -0.05) is 6.07 Å². The second-order valence-electron chi connectivity index (χ2n) is 6.38. The second-order valence-corrected chi connectivity index (χ2v) is 6.38. The van der Waals surface area contributed by atoms with E-state index in [2.05, 4.69) is 33.8 Å². The Hall–Kier alpha value is -1.97. The number of pyridine rings is 1. The van der Waals surface area contributed by atoms with E-state index in [4.69, 9.17) is 5.26 Å². The molecule has 130 valence electrons. The van der Waals surface area contributed by atoms with Gasteiger partial charge in [-0.3, -0.25) is 19.6 Å². The van der Waals surface area contributed by atoms with Gasteiger partial charge >= 0.3 is 0 Å². The Labute approximate surface area is 144 Å². The molecule has 1 fully saturated rings. The minimum absolute atomic E-state index is 0.0963. The van der Waals surface area contributed by atoms with Gasteiger partial charge in [0.2, 0.25) is 5.91 Å². The molecule has 0 aliphatic carbocycles. The van der Waals surface area contributed by atoms with E-state index in [0.717, 1.165) is 26.2 Å². The molecule has 0 N–H and O–H groups in total. The van der Waals surface area contributed by atoms with Gasteiger partial charge in [0.25, 0.3) is 0 Å². The van der Waals surface area contributed by atoms with E-state index in [1.165, 1.54) is 5.56 Å². The molecule has 1 aliphatic heterocycles. The molecule has 0 unspecified atom stereocenters. The number of rotatable bonds is 6. The van der Waals surface area contributed by atoms with Crippen LogP contribution in [0.25, 0.3) is 0 Å². The number of amides is 1. The third-order valence-corrected chi connectivity index (χ3v) is 4.90. The molecule has 1 aromatic heterocycles. The molecule has 0 bridgehead atoms. The van der Waals surface area contributed by atoms with Crippen LogP contribution in [0.2, 0.25) is 0 Å². The number of hydrogen-bond acceptors (Lipinski definition) is 5. The Morgan fingerprint density at radius 3 is 2.58 bits per heavy atom. The van der Waals surface area contributed by atoms with Gasteiger partial charge in [-0.2, -0.15) is 5.26 Å². The summed E-state index contributed by atoms with van der Waals surface area (Å²) < 4.78 is 0. The first-order valence-corrected chi connectivity index (χ1v) is 8.54. The van der Waals surface area contributed by atoms with Crippen molar-refractivity contribution in [1.82, 2.24) is 19.7 Å². The molecule has 1 amide bonds. The zero-order valence-electron chi connectivity index (χ0n) is 14.9. The number of carbonyl (C=O) groups is 1. The maximum absolute atomic E-state index is 12.4. The number of likely N-dealkylation sites (N-methyl/N-ethyl adjacent to an activating group) is 1. The van der Waals surface area contributed by atoms with Gasteiger partial charge in [0.15, 0.2) is 0 Å². The normalized spacial score (nSPS) is 18.6. The van der Waals surface area contributed by atoms with Gasteiger partial charge in [0.1, 0.15) is 0 Å². The molecule has 6 heteroatoms. The molecule has 1 aliphatic rings. The molecule has 24 heavy (non-hydrogen) atoms. The Morgan fingerprint density at radius 1 is 1.33 bits per heavy atom. The monoisotopic (exact) mass is 329 g/mol. The van der Waals surface area contributed by atoms with E-state index in [1.807, 2.05) is 19.2 Å². The van der Waals surface area contributed by atoms with Crippen LogP contribution in [-0.2, 0) is 4.79 Å². The predicted molar refractivity (Wildman–Crippen MR) is 93.1 cm³/mol. The van der Waals surface area contributed by atoms with Crippen LogP contribution < -0.4 is 0 Å². The summed E-state index contributed by atoms with van der Waals surface area (Å²) in [4.78, 5) is 23.0. The topological polar surface area (TPSA) is 63.5 Å². The molecule has 1 saturated heterocycles. The van der Waals surface area contributed by atoms with E-state index in [-0.39, 0.29) is 11.9 Å². The van der Waals surface area contributed by atoms with Crippen molar-refractivity contribution in [3.8, 4) is 6.07 Å². The van der Waals surface area contributed by atoms with Crippen molar-refractivity contribution in [2.24, 2.45) is 0 Å². The van der Waals surface area contributed by atoms with Crippen LogP contribution in [0.15, 0.2) is 24.5 Å². The molecule has 2 rings (SSSR count). The molecule has 2 atom stereocenters. The zero-order chi connectivity index (χ0) is 17.5. The lowest BCUT2D eigenvalue weighted by atomic mass is 10.1. The molecule has 1 aromatic rings. The van der Waals surface area contributed by atoms with Gasteiger partial charge in [0.05, 0.1) is 18.5 Å². The minimum atomic E-state index is -0.135. The van der Waals surface area contributed by atoms with E-state index in [0.29, 0.717) is 19.0 Å². The van der Waals surface area contributed by atoms with Crippen LogP contribution >= 0.6 is 0 Å². The first kappa shape index (κ1) is 18.4. The predicted octanol–water partition coefficient (Wildman–Crippen LogP) is 1.52. The second kappa shape index (κ2) is 8.76. The summed E-state index contributed by atoms with van der Waals surface area (Å²) in [5.41, 5.74) is 1.23. The first-order chi connectivity index (χ1) is 11.5. The number of nitrogens with zero attached hydrogens (tertiary/aromatic N) is 5. The summed E-state index contributed by atoms with van der Waals surface area (Å²) >= 11 is 0. The van der Waals surface area contributed by atoms with E-state index >= 15 is 0 Å². The quantitative estimate of drug-likeness (QED) is 0.792. The van der Waals surface area contributed by atoms with Gasteiger partial charge in [-0.15, -0.1) is 0 Å². The third kappa shape index (κ3) is 4.53. The fraction of sp³-hybridized carbons (Fsp3) is 0.611. The average molecular weight is 329 g/mol. The summed E-state index contributed by atoms with van der Waals surface area (Å²) in [7, 11) is 1.77. The summed E-state index contributed by atoms with van der Waals surface area (Å²) in [6.45, 7) is 8.30. The highest BCUT2D eigenvalue weighted by atomic mass is 16.2. The summed E-state index contributed by atoms with van der Waals surface area (Å²) in [6, 6.07) is 6.37. The molecule has 0 spiro atoms. The van der Waals surface area contributed by atoms with Crippen LogP contribution in [0.5, 0.6) is 0 Å². The number of hydrogen-bond donors (Lipinski definition) is 0. The fourth-order valence-corrected chi connectivity index (χ4v) is 3.15.